The molecule has 0 spiro atoms. The number of hydrogen-bond donors (Lipinski definition) is 0. The second-order valence-corrected chi connectivity index (χ2v) is 2.42. The molecule has 0 heterocycles. The molecular formula is C8H12O5. The molecule has 0 fully saturated rings. The van der Waals surface area contributed by atoms with Gasteiger partial charge < -0.3 is 9.47 Å². The summed E-state index contributed by atoms with van der Waals surface area (Å²) >= 11 is 0. The third-order valence-electron chi connectivity index (χ3n) is 1.19. The van der Waals surface area contributed by atoms with Gasteiger partial charge in [-0.2, -0.15) is 0 Å². The monoisotopic (exact) mass is 188 g/mol. The van der Waals surface area contributed by atoms with Crippen LogP contribution in [-0.2, 0) is 23.9 Å². The van der Waals surface area contributed by atoms with Gasteiger partial charge in [0.15, 0.2) is 6.10 Å². The van der Waals surface area contributed by atoms with E-state index in [1.165, 1.54) is 6.92 Å². The zero-order valence-electron chi connectivity index (χ0n) is 7.83. The van der Waals surface area contributed by atoms with E-state index in [0.717, 1.165) is 6.92 Å². The highest BCUT2D eigenvalue weighted by Crippen LogP contribution is 2.01. The summed E-state index contributed by atoms with van der Waals surface area (Å²) in [5.74, 6) is -2.12. The Bertz CT molecular complexity index is 221. The van der Waals surface area contributed by atoms with Crippen molar-refractivity contribution < 1.29 is 23.9 Å². The Balaban J connectivity index is 4.15. The van der Waals surface area contributed by atoms with Crippen LogP contribution in [0.3, 0.4) is 0 Å². The lowest BCUT2D eigenvalue weighted by atomic mass is 10.3. The van der Waals surface area contributed by atoms with Crippen molar-refractivity contribution in [1.82, 2.24) is 0 Å². The van der Waals surface area contributed by atoms with Gasteiger partial charge in [-0.1, -0.05) is 6.92 Å². The third-order valence-corrected chi connectivity index (χ3v) is 1.19. The fourth-order valence-corrected chi connectivity index (χ4v) is 0.706. The SMILES string of the molecule is CCC(OC(C)=O)C(=O)OC(C)=O. The lowest BCUT2D eigenvalue weighted by molar-refractivity contribution is -0.172. The van der Waals surface area contributed by atoms with Crippen molar-refractivity contribution in [3.63, 3.8) is 0 Å². The molecule has 5 heteroatoms. The van der Waals surface area contributed by atoms with Gasteiger partial charge in [0.05, 0.1) is 0 Å². The maximum Gasteiger partial charge on any atom is 0.355 e. The van der Waals surface area contributed by atoms with Gasteiger partial charge in [0, 0.05) is 13.8 Å². The molecule has 0 N–H and O–H groups in total. The van der Waals surface area contributed by atoms with Crippen molar-refractivity contribution in [3.05, 3.63) is 0 Å². The number of ether oxygens (including phenoxy) is 2. The molecule has 0 aliphatic rings. The summed E-state index contributed by atoms with van der Waals surface area (Å²) in [5, 5.41) is 0. The van der Waals surface area contributed by atoms with Crippen LogP contribution in [0.5, 0.6) is 0 Å². The normalized spacial score (nSPS) is 11.6. The predicted molar refractivity (Wildman–Crippen MR) is 42.6 cm³/mol. The van der Waals surface area contributed by atoms with E-state index < -0.39 is 24.0 Å². The quantitative estimate of drug-likeness (QED) is 0.474. The molecule has 1 atom stereocenters. The van der Waals surface area contributed by atoms with Gasteiger partial charge in [-0.05, 0) is 6.42 Å². The van der Waals surface area contributed by atoms with E-state index in [-0.39, 0.29) is 6.42 Å². The second kappa shape index (κ2) is 5.29. The van der Waals surface area contributed by atoms with Gasteiger partial charge in [0.1, 0.15) is 0 Å². The molecule has 0 amide bonds. The summed E-state index contributed by atoms with van der Waals surface area (Å²) in [5.41, 5.74) is 0. The maximum atomic E-state index is 11.0. The van der Waals surface area contributed by atoms with Crippen LogP contribution in [0.15, 0.2) is 0 Å². The minimum Gasteiger partial charge on any atom is -0.451 e. The molecule has 0 saturated heterocycles. The fraction of sp³-hybridized carbons (Fsp3) is 0.625. The van der Waals surface area contributed by atoms with Crippen LogP contribution >= 0.6 is 0 Å². The van der Waals surface area contributed by atoms with Gasteiger partial charge in [-0.25, -0.2) is 4.79 Å². The van der Waals surface area contributed by atoms with E-state index in [1.54, 1.807) is 6.92 Å². The van der Waals surface area contributed by atoms with E-state index in [4.69, 9.17) is 0 Å². The van der Waals surface area contributed by atoms with Gasteiger partial charge in [-0.15, -0.1) is 0 Å². The smallest absolute Gasteiger partial charge is 0.355 e. The summed E-state index contributed by atoms with van der Waals surface area (Å²) in [7, 11) is 0. The minimum atomic E-state index is -0.985. The van der Waals surface area contributed by atoms with E-state index >= 15 is 0 Å². The van der Waals surface area contributed by atoms with Crippen LogP contribution in [0, 0.1) is 0 Å². The van der Waals surface area contributed by atoms with Crippen molar-refractivity contribution in [2.45, 2.75) is 33.3 Å². The molecule has 0 aromatic heterocycles. The molecule has 0 aliphatic heterocycles. The Morgan fingerprint density at radius 2 is 1.69 bits per heavy atom. The number of rotatable bonds is 3. The average molecular weight is 188 g/mol. The summed E-state index contributed by atoms with van der Waals surface area (Å²) < 4.78 is 8.85. The highest BCUT2D eigenvalue weighted by Gasteiger charge is 2.22. The molecule has 13 heavy (non-hydrogen) atoms. The largest absolute Gasteiger partial charge is 0.451 e. The first-order valence-corrected chi connectivity index (χ1v) is 3.86. The van der Waals surface area contributed by atoms with Crippen LogP contribution in [-0.4, -0.2) is 24.0 Å². The molecule has 1 unspecified atom stereocenters. The first-order valence-electron chi connectivity index (χ1n) is 3.86. The summed E-state index contributed by atoms with van der Waals surface area (Å²) in [4.78, 5) is 31.9. The van der Waals surface area contributed by atoms with E-state index in [1.807, 2.05) is 0 Å². The number of carbonyl (C=O) groups excluding carboxylic acids is 3. The number of esters is 3. The van der Waals surface area contributed by atoms with Gasteiger partial charge in [0.2, 0.25) is 0 Å². The molecule has 74 valence electrons. The van der Waals surface area contributed by atoms with Gasteiger partial charge >= 0.3 is 17.9 Å². The second-order valence-electron chi connectivity index (χ2n) is 2.42. The Hall–Kier alpha value is -1.39. The number of carbonyl (C=O) groups is 3. The van der Waals surface area contributed by atoms with Gasteiger partial charge in [0.25, 0.3) is 0 Å². The molecule has 0 aliphatic carbocycles. The van der Waals surface area contributed by atoms with Gasteiger partial charge in [-0.3, -0.25) is 9.59 Å². The molecule has 0 rings (SSSR count). The Kier molecular flexibility index (Phi) is 4.72. The van der Waals surface area contributed by atoms with Crippen molar-refractivity contribution in [2.24, 2.45) is 0 Å². The Morgan fingerprint density at radius 1 is 1.15 bits per heavy atom. The lowest BCUT2D eigenvalue weighted by Gasteiger charge is -2.11. The molecule has 0 radical (unpaired) electrons. The van der Waals surface area contributed by atoms with Crippen LogP contribution in [0.4, 0.5) is 0 Å². The molecule has 0 saturated carbocycles. The van der Waals surface area contributed by atoms with Crippen LogP contribution in [0.25, 0.3) is 0 Å². The zero-order valence-corrected chi connectivity index (χ0v) is 7.83. The zero-order chi connectivity index (χ0) is 10.4. The van der Waals surface area contributed by atoms with Crippen molar-refractivity contribution in [2.75, 3.05) is 0 Å². The molecule has 0 aromatic carbocycles. The third kappa shape index (κ3) is 4.95. The maximum absolute atomic E-state index is 11.0. The van der Waals surface area contributed by atoms with Crippen molar-refractivity contribution >= 4 is 17.9 Å². The predicted octanol–water partition coefficient (Wildman–Crippen LogP) is 0.418. The fourth-order valence-electron chi connectivity index (χ4n) is 0.706. The number of hydrogen-bond acceptors (Lipinski definition) is 5. The van der Waals surface area contributed by atoms with Crippen LogP contribution in [0.2, 0.25) is 0 Å². The summed E-state index contributed by atoms with van der Waals surface area (Å²) in [6, 6.07) is 0. The van der Waals surface area contributed by atoms with Crippen molar-refractivity contribution in [3.8, 4) is 0 Å². The Morgan fingerprint density at radius 3 is 2.00 bits per heavy atom. The van der Waals surface area contributed by atoms with E-state index in [2.05, 4.69) is 9.47 Å². The van der Waals surface area contributed by atoms with Crippen LogP contribution < -0.4 is 0 Å². The van der Waals surface area contributed by atoms with Crippen LogP contribution in [0.1, 0.15) is 27.2 Å². The Labute approximate surface area is 76.0 Å². The minimum absolute atomic E-state index is 0.283. The highest BCUT2D eigenvalue weighted by molar-refractivity contribution is 5.87. The topological polar surface area (TPSA) is 69.7 Å². The first kappa shape index (κ1) is 11.6. The van der Waals surface area contributed by atoms with Crippen molar-refractivity contribution in [1.29, 1.82) is 0 Å². The standard InChI is InChI=1S/C8H12O5/c1-4-7(12-5(2)9)8(11)13-6(3)10/h7H,4H2,1-3H3. The average Bonchev–Trinajstić information content (AvgIpc) is 1.98. The molecule has 0 aromatic rings. The van der Waals surface area contributed by atoms with E-state index in [9.17, 15) is 14.4 Å². The summed E-state index contributed by atoms with van der Waals surface area (Å²) in [6.07, 6.45) is -0.701. The molecule has 0 bridgehead atoms. The highest BCUT2D eigenvalue weighted by atomic mass is 16.6. The molecular weight excluding hydrogens is 176 g/mol. The molecule has 5 nitrogen and oxygen atoms in total. The van der Waals surface area contributed by atoms with E-state index in [0.29, 0.717) is 0 Å². The first-order chi connectivity index (χ1) is 5.97. The summed E-state index contributed by atoms with van der Waals surface area (Å²) in [6.45, 7) is 3.94. The lowest BCUT2D eigenvalue weighted by Crippen LogP contribution is -2.28.